The Balaban J connectivity index is 2.17. The maximum absolute atomic E-state index is 9.20. The van der Waals surface area contributed by atoms with Crippen molar-refractivity contribution < 1.29 is 9.52 Å². The van der Waals surface area contributed by atoms with E-state index in [2.05, 4.69) is 42.7 Å². The molecule has 2 rings (SSSR count). The maximum Gasteiger partial charge on any atom is 0.282 e. The summed E-state index contributed by atoms with van der Waals surface area (Å²) in [4.78, 5) is 2.13. The fourth-order valence-electron chi connectivity index (χ4n) is 1.81. The van der Waals surface area contributed by atoms with E-state index in [-0.39, 0.29) is 5.95 Å². The van der Waals surface area contributed by atoms with E-state index in [0.717, 1.165) is 18.0 Å². The Hall–Kier alpha value is -2.16. The summed E-state index contributed by atoms with van der Waals surface area (Å²) in [7, 11) is 0. The second-order valence-electron chi connectivity index (χ2n) is 4.24. The van der Waals surface area contributed by atoms with Gasteiger partial charge in [-0.25, -0.2) is 0 Å². The normalized spacial score (nSPS) is 10.3. The molecule has 0 unspecified atom stereocenters. The fraction of sp³-hybridized carbons (Fsp3) is 0.200. The number of furan rings is 1. The van der Waals surface area contributed by atoms with Crippen LogP contribution in [0, 0.1) is 6.92 Å². The van der Waals surface area contributed by atoms with Gasteiger partial charge in [0.15, 0.2) is 0 Å². The summed E-state index contributed by atoms with van der Waals surface area (Å²) >= 11 is 0. The molecule has 0 aliphatic carbocycles. The Bertz CT molecular complexity index is 514. The van der Waals surface area contributed by atoms with E-state index >= 15 is 0 Å². The number of benzene rings is 1. The van der Waals surface area contributed by atoms with Crippen molar-refractivity contribution >= 4 is 5.69 Å². The Morgan fingerprint density at radius 1 is 1.22 bits per heavy atom. The van der Waals surface area contributed by atoms with E-state index < -0.39 is 0 Å². The van der Waals surface area contributed by atoms with Crippen LogP contribution in [-0.4, -0.2) is 11.7 Å². The van der Waals surface area contributed by atoms with Crippen LogP contribution in [0.3, 0.4) is 0 Å². The number of aromatic hydroxyl groups is 1. The molecule has 0 atom stereocenters. The van der Waals surface area contributed by atoms with Crippen molar-refractivity contribution in [1.82, 2.24) is 0 Å². The van der Waals surface area contributed by atoms with Crippen molar-refractivity contribution in [3.05, 3.63) is 60.4 Å². The van der Waals surface area contributed by atoms with E-state index in [0.29, 0.717) is 6.54 Å². The Labute approximate surface area is 107 Å². The van der Waals surface area contributed by atoms with Gasteiger partial charge in [0, 0.05) is 18.3 Å². The van der Waals surface area contributed by atoms with Crippen molar-refractivity contribution in [3.8, 4) is 5.95 Å². The van der Waals surface area contributed by atoms with Crippen molar-refractivity contribution in [1.29, 1.82) is 0 Å². The molecule has 0 amide bonds. The number of nitrogens with zero attached hydrogens (tertiary/aromatic N) is 1. The van der Waals surface area contributed by atoms with E-state index in [9.17, 15) is 5.11 Å². The minimum atomic E-state index is -0.0486. The predicted octanol–water partition coefficient (Wildman–Crippen LogP) is 3.49. The highest BCUT2D eigenvalue weighted by atomic mass is 16.5. The summed E-state index contributed by atoms with van der Waals surface area (Å²) in [6, 6.07) is 11.6. The Kier molecular flexibility index (Phi) is 3.72. The second kappa shape index (κ2) is 5.45. The largest absolute Gasteiger partial charge is 0.481 e. The molecule has 1 aromatic carbocycles. The van der Waals surface area contributed by atoms with Crippen LogP contribution in [0.15, 0.2) is 53.5 Å². The molecular weight excluding hydrogens is 226 g/mol. The lowest BCUT2D eigenvalue weighted by Gasteiger charge is -2.22. The summed E-state index contributed by atoms with van der Waals surface area (Å²) in [6.07, 6.45) is 1.85. The SMILES string of the molecule is C=CCN(Cc1ccc(O)o1)c1ccc(C)cc1. The van der Waals surface area contributed by atoms with Gasteiger partial charge in [-0.1, -0.05) is 23.8 Å². The van der Waals surface area contributed by atoms with Crippen LogP contribution in [0.1, 0.15) is 11.3 Å². The number of rotatable bonds is 5. The van der Waals surface area contributed by atoms with Crippen molar-refractivity contribution in [2.24, 2.45) is 0 Å². The Morgan fingerprint density at radius 2 is 1.94 bits per heavy atom. The summed E-state index contributed by atoms with van der Waals surface area (Å²) in [5, 5.41) is 9.20. The number of hydrogen-bond donors (Lipinski definition) is 1. The first-order valence-electron chi connectivity index (χ1n) is 5.89. The summed E-state index contributed by atoms with van der Waals surface area (Å²) in [5.41, 5.74) is 2.34. The standard InChI is InChI=1S/C15H17NO2/c1-3-10-16(11-14-8-9-15(17)18-14)13-6-4-12(2)5-7-13/h3-9,17H,1,10-11H2,2H3. The molecule has 1 aromatic heterocycles. The van der Waals surface area contributed by atoms with Crippen LogP contribution in [0.4, 0.5) is 5.69 Å². The first-order chi connectivity index (χ1) is 8.69. The van der Waals surface area contributed by atoms with E-state index in [4.69, 9.17) is 4.42 Å². The van der Waals surface area contributed by atoms with Crippen LogP contribution in [0.5, 0.6) is 5.95 Å². The summed E-state index contributed by atoms with van der Waals surface area (Å²) in [6.45, 7) is 7.16. The van der Waals surface area contributed by atoms with Crippen molar-refractivity contribution in [2.75, 3.05) is 11.4 Å². The van der Waals surface area contributed by atoms with Crippen LogP contribution in [0.25, 0.3) is 0 Å². The molecule has 0 aliphatic heterocycles. The Morgan fingerprint density at radius 3 is 2.50 bits per heavy atom. The van der Waals surface area contributed by atoms with Crippen LogP contribution >= 0.6 is 0 Å². The number of aryl methyl sites for hydroxylation is 1. The number of anilines is 1. The van der Waals surface area contributed by atoms with E-state index in [1.165, 1.54) is 5.56 Å². The topological polar surface area (TPSA) is 36.6 Å². The van der Waals surface area contributed by atoms with Crippen LogP contribution < -0.4 is 4.90 Å². The van der Waals surface area contributed by atoms with Gasteiger partial charge in [-0.3, -0.25) is 0 Å². The lowest BCUT2D eigenvalue weighted by Crippen LogP contribution is -2.22. The van der Waals surface area contributed by atoms with Gasteiger partial charge in [0.2, 0.25) is 0 Å². The van der Waals surface area contributed by atoms with Gasteiger partial charge in [-0.15, -0.1) is 6.58 Å². The van der Waals surface area contributed by atoms with Crippen LogP contribution in [0.2, 0.25) is 0 Å². The third kappa shape index (κ3) is 2.94. The zero-order valence-corrected chi connectivity index (χ0v) is 10.5. The molecule has 0 fully saturated rings. The average Bonchev–Trinajstić information content (AvgIpc) is 2.75. The molecule has 18 heavy (non-hydrogen) atoms. The molecule has 0 bridgehead atoms. The van der Waals surface area contributed by atoms with Gasteiger partial charge < -0.3 is 14.4 Å². The van der Waals surface area contributed by atoms with Gasteiger partial charge in [0.25, 0.3) is 5.95 Å². The lowest BCUT2D eigenvalue weighted by molar-refractivity contribution is 0.318. The first kappa shape index (κ1) is 12.3. The van der Waals surface area contributed by atoms with E-state index in [1.807, 2.05) is 6.08 Å². The zero-order chi connectivity index (χ0) is 13.0. The highest BCUT2D eigenvalue weighted by molar-refractivity contribution is 5.48. The molecule has 3 heteroatoms. The summed E-state index contributed by atoms with van der Waals surface area (Å²) < 4.78 is 5.19. The molecule has 2 aromatic rings. The number of hydrogen-bond acceptors (Lipinski definition) is 3. The molecule has 3 nitrogen and oxygen atoms in total. The molecule has 0 spiro atoms. The highest BCUT2D eigenvalue weighted by Gasteiger charge is 2.08. The van der Waals surface area contributed by atoms with Crippen molar-refractivity contribution in [3.63, 3.8) is 0 Å². The molecule has 1 N–H and O–H groups in total. The van der Waals surface area contributed by atoms with Crippen molar-refractivity contribution in [2.45, 2.75) is 13.5 Å². The molecule has 0 radical (unpaired) electrons. The third-order valence-corrected chi connectivity index (χ3v) is 2.74. The predicted molar refractivity (Wildman–Crippen MR) is 72.8 cm³/mol. The molecule has 0 saturated heterocycles. The summed E-state index contributed by atoms with van der Waals surface area (Å²) in [5.74, 6) is 0.683. The highest BCUT2D eigenvalue weighted by Crippen LogP contribution is 2.20. The molecular formula is C15H17NO2. The average molecular weight is 243 g/mol. The molecule has 1 heterocycles. The minimum Gasteiger partial charge on any atom is -0.481 e. The van der Waals surface area contributed by atoms with Gasteiger partial charge in [0.05, 0.1) is 6.54 Å². The monoisotopic (exact) mass is 243 g/mol. The second-order valence-corrected chi connectivity index (χ2v) is 4.24. The van der Waals surface area contributed by atoms with Gasteiger partial charge in [-0.05, 0) is 25.1 Å². The van der Waals surface area contributed by atoms with Gasteiger partial charge in [0.1, 0.15) is 5.76 Å². The van der Waals surface area contributed by atoms with Crippen LogP contribution in [-0.2, 0) is 6.54 Å². The molecule has 0 saturated carbocycles. The molecule has 0 aliphatic rings. The minimum absolute atomic E-state index is 0.0486. The smallest absolute Gasteiger partial charge is 0.282 e. The maximum atomic E-state index is 9.20. The quantitative estimate of drug-likeness (QED) is 0.817. The first-order valence-corrected chi connectivity index (χ1v) is 5.89. The van der Waals surface area contributed by atoms with Gasteiger partial charge in [-0.2, -0.15) is 0 Å². The van der Waals surface area contributed by atoms with Gasteiger partial charge >= 0.3 is 0 Å². The zero-order valence-electron chi connectivity index (χ0n) is 10.5. The third-order valence-electron chi connectivity index (χ3n) is 2.74. The molecule has 94 valence electrons. The van der Waals surface area contributed by atoms with E-state index in [1.54, 1.807) is 12.1 Å². The lowest BCUT2D eigenvalue weighted by atomic mass is 10.2. The fourth-order valence-corrected chi connectivity index (χ4v) is 1.81.